The van der Waals surface area contributed by atoms with Crippen LogP contribution in [-0.2, 0) is 0 Å². The highest BCUT2D eigenvalue weighted by molar-refractivity contribution is 6.03. The second-order valence-corrected chi connectivity index (χ2v) is 8.72. The van der Waals surface area contributed by atoms with Crippen molar-refractivity contribution in [2.24, 2.45) is 5.92 Å². The highest BCUT2D eigenvalue weighted by Crippen LogP contribution is 2.30. The van der Waals surface area contributed by atoms with Gasteiger partial charge in [0, 0.05) is 11.3 Å². The Bertz CT molecular complexity index is 1270. The van der Waals surface area contributed by atoms with Crippen molar-refractivity contribution >= 4 is 23.3 Å². The molecule has 0 spiro atoms. The molecule has 1 aliphatic rings. The summed E-state index contributed by atoms with van der Waals surface area (Å²) in [6.07, 6.45) is 9.21. The molecule has 0 aliphatic heterocycles. The molecule has 0 fully saturated rings. The van der Waals surface area contributed by atoms with Crippen molar-refractivity contribution in [3.63, 3.8) is 0 Å². The fourth-order valence-corrected chi connectivity index (χ4v) is 4.31. The first-order valence-electron chi connectivity index (χ1n) is 11.2. The zero-order valence-electron chi connectivity index (χ0n) is 19.1. The summed E-state index contributed by atoms with van der Waals surface area (Å²) in [6.45, 7) is 13.0. The molecule has 3 aromatic rings. The molecule has 1 nitrogen and oxygen atoms in total. The van der Waals surface area contributed by atoms with Gasteiger partial charge in [-0.15, -0.1) is 0 Å². The zero-order chi connectivity index (χ0) is 22.0. The predicted molar refractivity (Wildman–Crippen MR) is 135 cm³/mol. The monoisotopic (exact) mass is 405 g/mol. The van der Waals surface area contributed by atoms with E-state index >= 15 is 0 Å². The number of pyridine rings is 1. The predicted octanol–water partition coefficient (Wildman–Crippen LogP) is 6.47. The summed E-state index contributed by atoms with van der Waals surface area (Å²) in [5, 5.41) is 2.67. The summed E-state index contributed by atoms with van der Waals surface area (Å²) >= 11 is 0. The maximum Gasteiger partial charge on any atom is 0.0705 e. The van der Waals surface area contributed by atoms with Crippen LogP contribution in [0.1, 0.15) is 49.2 Å². The number of nitrogens with zero attached hydrogens (tertiary/aromatic N) is 1. The highest BCUT2D eigenvalue weighted by atomic mass is 14.7. The first-order valence-corrected chi connectivity index (χ1v) is 11.2. The van der Waals surface area contributed by atoms with Crippen molar-refractivity contribution in [1.29, 1.82) is 0 Å². The van der Waals surface area contributed by atoms with Gasteiger partial charge in [-0.1, -0.05) is 67.6 Å². The molecular formula is C30H31N. The standard InChI is InChI=1S/C30H31N/c1-6-27(23(5)30-9-7-8-22(4)31-30)26-18-25-16-12-21(3)13-17-28(25)29(19-26)24-14-10-20(2)11-15-24/h6-11,14-19,21H,5,12-13H2,1-4H3/b27-6+. The molecule has 1 heterocycles. The van der Waals surface area contributed by atoms with Gasteiger partial charge in [0.25, 0.3) is 0 Å². The third-order valence-corrected chi connectivity index (χ3v) is 6.16. The topological polar surface area (TPSA) is 12.9 Å². The van der Waals surface area contributed by atoms with E-state index in [-0.39, 0.29) is 0 Å². The third-order valence-electron chi connectivity index (χ3n) is 6.16. The molecule has 31 heavy (non-hydrogen) atoms. The largest absolute Gasteiger partial charge is 0.253 e. The first kappa shape index (κ1) is 21.1. The molecule has 156 valence electrons. The van der Waals surface area contributed by atoms with Gasteiger partial charge in [0.05, 0.1) is 5.69 Å². The number of hydrogen-bond acceptors (Lipinski definition) is 1. The first-order chi connectivity index (χ1) is 15.0. The van der Waals surface area contributed by atoms with Crippen LogP contribution >= 0.6 is 0 Å². The van der Waals surface area contributed by atoms with Crippen molar-refractivity contribution in [2.45, 2.75) is 40.5 Å². The Morgan fingerprint density at radius 3 is 2.45 bits per heavy atom. The van der Waals surface area contributed by atoms with Gasteiger partial charge in [0.1, 0.15) is 0 Å². The van der Waals surface area contributed by atoms with Gasteiger partial charge >= 0.3 is 0 Å². The van der Waals surface area contributed by atoms with Crippen molar-refractivity contribution < 1.29 is 0 Å². The van der Waals surface area contributed by atoms with E-state index in [2.05, 4.69) is 88.0 Å². The van der Waals surface area contributed by atoms with Crippen molar-refractivity contribution in [1.82, 2.24) is 4.98 Å². The number of aromatic nitrogens is 1. The average molecular weight is 406 g/mol. The Labute approximate surface area is 186 Å². The quantitative estimate of drug-likeness (QED) is 0.453. The Balaban J connectivity index is 1.92. The Hall–Kier alpha value is -3.19. The number of aryl methyl sites for hydroxylation is 2. The molecule has 0 N–H and O–H groups in total. The fourth-order valence-electron chi connectivity index (χ4n) is 4.31. The lowest BCUT2D eigenvalue weighted by atomic mass is 9.91. The average Bonchev–Trinajstić information content (AvgIpc) is 2.96. The van der Waals surface area contributed by atoms with Gasteiger partial charge in [-0.2, -0.15) is 0 Å². The molecule has 0 bridgehead atoms. The molecule has 2 aromatic carbocycles. The van der Waals surface area contributed by atoms with E-state index in [0.717, 1.165) is 35.4 Å². The summed E-state index contributed by atoms with van der Waals surface area (Å²) in [4.78, 5) is 4.72. The zero-order valence-corrected chi connectivity index (χ0v) is 19.1. The van der Waals surface area contributed by atoms with Gasteiger partial charge in [0.2, 0.25) is 0 Å². The van der Waals surface area contributed by atoms with Crippen molar-refractivity contribution in [3.05, 3.63) is 100 Å². The maximum absolute atomic E-state index is 4.72. The number of rotatable bonds is 4. The van der Waals surface area contributed by atoms with Crippen LogP contribution in [0.5, 0.6) is 0 Å². The van der Waals surface area contributed by atoms with Crippen LogP contribution in [-0.4, -0.2) is 4.98 Å². The molecule has 0 saturated carbocycles. The molecule has 1 heteroatoms. The van der Waals surface area contributed by atoms with Crippen LogP contribution in [0.15, 0.2) is 67.3 Å². The Morgan fingerprint density at radius 2 is 1.74 bits per heavy atom. The molecule has 1 unspecified atom stereocenters. The van der Waals surface area contributed by atoms with E-state index in [9.17, 15) is 0 Å². The summed E-state index contributed by atoms with van der Waals surface area (Å²) in [5.41, 5.74) is 9.08. The second-order valence-electron chi connectivity index (χ2n) is 8.72. The van der Waals surface area contributed by atoms with E-state index in [1.807, 2.05) is 19.1 Å². The molecule has 0 radical (unpaired) electrons. The van der Waals surface area contributed by atoms with Gasteiger partial charge in [0.15, 0.2) is 0 Å². The SMILES string of the molecule is C=C(/C(=C\C)c1cc(-c2ccc(C)cc2)c2c(c1)=CCC(C)CC=2)c1cccc(C)n1. The Morgan fingerprint density at radius 1 is 1.00 bits per heavy atom. The molecule has 4 rings (SSSR count). The Kier molecular flexibility index (Phi) is 6.04. The minimum atomic E-state index is 0.661. The second kappa shape index (κ2) is 8.89. The number of fused-ring (bicyclic) bond motifs is 1. The van der Waals surface area contributed by atoms with E-state index < -0.39 is 0 Å². The summed E-state index contributed by atoms with van der Waals surface area (Å²) in [5.74, 6) is 0.661. The molecule has 1 aromatic heterocycles. The number of allylic oxidation sites excluding steroid dienone is 3. The van der Waals surface area contributed by atoms with Crippen LogP contribution in [0.25, 0.3) is 34.4 Å². The number of benzene rings is 2. The van der Waals surface area contributed by atoms with Crippen LogP contribution in [0.4, 0.5) is 0 Å². The van der Waals surface area contributed by atoms with E-state index in [0.29, 0.717) is 5.92 Å². The molecule has 0 saturated heterocycles. The smallest absolute Gasteiger partial charge is 0.0705 e. The fraction of sp³-hybridized carbons (Fsp3) is 0.233. The minimum Gasteiger partial charge on any atom is -0.253 e. The van der Waals surface area contributed by atoms with E-state index in [4.69, 9.17) is 4.98 Å². The summed E-state index contributed by atoms with van der Waals surface area (Å²) < 4.78 is 0. The lowest BCUT2D eigenvalue weighted by Gasteiger charge is -2.14. The van der Waals surface area contributed by atoms with Crippen LogP contribution in [0, 0.1) is 19.8 Å². The summed E-state index contributed by atoms with van der Waals surface area (Å²) in [7, 11) is 0. The lowest BCUT2D eigenvalue weighted by Crippen LogP contribution is -2.27. The minimum absolute atomic E-state index is 0.661. The van der Waals surface area contributed by atoms with Gasteiger partial charge < -0.3 is 0 Å². The lowest BCUT2D eigenvalue weighted by molar-refractivity contribution is 0.636. The van der Waals surface area contributed by atoms with Crippen LogP contribution in [0.2, 0.25) is 0 Å². The third kappa shape index (κ3) is 4.46. The molecule has 1 aliphatic carbocycles. The van der Waals surface area contributed by atoms with Gasteiger partial charge in [-0.25, -0.2) is 0 Å². The molecule has 1 atom stereocenters. The maximum atomic E-state index is 4.72. The van der Waals surface area contributed by atoms with Crippen LogP contribution in [0.3, 0.4) is 0 Å². The van der Waals surface area contributed by atoms with Crippen molar-refractivity contribution in [2.75, 3.05) is 0 Å². The van der Waals surface area contributed by atoms with Gasteiger partial charge in [-0.05, 0) is 96.5 Å². The van der Waals surface area contributed by atoms with Crippen LogP contribution < -0.4 is 10.4 Å². The normalized spacial score (nSPS) is 16.0. The molecular weight excluding hydrogens is 374 g/mol. The summed E-state index contributed by atoms with van der Waals surface area (Å²) in [6, 6.07) is 19.7. The number of hydrogen-bond donors (Lipinski definition) is 0. The van der Waals surface area contributed by atoms with Crippen molar-refractivity contribution in [3.8, 4) is 11.1 Å². The van der Waals surface area contributed by atoms with E-state index in [1.54, 1.807) is 0 Å². The highest BCUT2D eigenvalue weighted by Gasteiger charge is 2.14. The van der Waals surface area contributed by atoms with E-state index in [1.165, 1.54) is 32.7 Å². The van der Waals surface area contributed by atoms with Gasteiger partial charge in [-0.3, -0.25) is 4.98 Å². The molecule has 0 amide bonds.